The maximum Gasteiger partial charge on any atom is 0.305 e. The summed E-state index contributed by atoms with van der Waals surface area (Å²) >= 11 is 0. The van der Waals surface area contributed by atoms with E-state index in [9.17, 15) is 9.59 Å². The lowest BCUT2D eigenvalue weighted by molar-refractivity contribution is -0.141. The highest BCUT2D eigenvalue weighted by Gasteiger charge is 2.27. The van der Waals surface area contributed by atoms with Crippen molar-refractivity contribution < 1.29 is 14.7 Å². The first-order chi connectivity index (χ1) is 6.65. The summed E-state index contributed by atoms with van der Waals surface area (Å²) in [7, 11) is 0. The first kappa shape index (κ1) is 11.0. The van der Waals surface area contributed by atoms with Gasteiger partial charge in [-0.3, -0.25) is 9.59 Å². The van der Waals surface area contributed by atoms with Gasteiger partial charge in [-0.15, -0.1) is 0 Å². The van der Waals surface area contributed by atoms with Gasteiger partial charge >= 0.3 is 5.97 Å². The number of hydrogen-bond donors (Lipinski definition) is 1. The normalized spacial score (nSPS) is 22.1. The molecule has 1 atom stereocenters. The number of amides is 1. The highest BCUT2D eigenvalue weighted by atomic mass is 16.4. The van der Waals surface area contributed by atoms with Crippen LogP contribution in [0.25, 0.3) is 0 Å². The van der Waals surface area contributed by atoms with Crippen LogP contribution in [0.2, 0.25) is 0 Å². The third-order valence-corrected chi connectivity index (χ3v) is 2.66. The molecule has 0 spiro atoms. The number of likely N-dealkylation sites (tertiary alicyclic amines) is 1. The summed E-state index contributed by atoms with van der Waals surface area (Å²) in [4.78, 5) is 23.8. The van der Waals surface area contributed by atoms with Crippen LogP contribution in [-0.2, 0) is 9.59 Å². The topological polar surface area (TPSA) is 57.6 Å². The molecule has 1 heterocycles. The minimum atomic E-state index is -0.814. The largest absolute Gasteiger partial charge is 0.481 e. The lowest BCUT2D eigenvalue weighted by Gasteiger charge is -2.34. The molecule has 0 aromatic heterocycles. The zero-order valence-electron chi connectivity index (χ0n) is 8.53. The molecule has 1 fully saturated rings. The quantitative estimate of drug-likeness (QED) is 0.744. The number of carboxylic acid groups (broad SMARTS) is 1. The number of hydrogen-bond acceptors (Lipinski definition) is 2. The molecule has 0 radical (unpaired) electrons. The van der Waals surface area contributed by atoms with Crippen LogP contribution in [0.4, 0.5) is 0 Å². The van der Waals surface area contributed by atoms with Gasteiger partial charge in [0.25, 0.3) is 0 Å². The maximum absolute atomic E-state index is 11.5. The average Bonchev–Trinajstić information content (AvgIpc) is 2.16. The number of carbonyl (C=O) groups is 2. The van der Waals surface area contributed by atoms with Gasteiger partial charge in [-0.2, -0.15) is 0 Å². The summed E-state index contributed by atoms with van der Waals surface area (Å²) in [5.41, 5.74) is 0. The van der Waals surface area contributed by atoms with E-state index in [0.29, 0.717) is 6.42 Å². The smallest absolute Gasteiger partial charge is 0.305 e. The van der Waals surface area contributed by atoms with Crippen LogP contribution >= 0.6 is 0 Å². The van der Waals surface area contributed by atoms with Gasteiger partial charge in [0.1, 0.15) is 0 Å². The molecular weight excluding hydrogens is 182 g/mol. The number of piperidine rings is 1. The Morgan fingerprint density at radius 2 is 2.14 bits per heavy atom. The summed E-state index contributed by atoms with van der Waals surface area (Å²) in [5, 5.41) is 8.70. The minimum absolute atomic E-state index is 0.0753. The van der Waals surface area contributed by atoms with Crippen molar-refractivity contribution in [2.24, 2.45) is 0 Å². The van der Waals surface area contributed by atoms with E-state index >= 15 is 0 Å². The van der Waals surface area contributed by atoms with Crippen LogP contribution in [0.3, 0.4) is 0 Å². The van der Waals surface area contributed by atoms with Gasteiger partial charge < -0.3 is 10.0 Å². The molecule has 0 aromatic carbocycles. The fraction of sp³-hybridized carbons (Fsp3) is 0.800. The Bertz CT molecular complexity index is 227. The van der Waals surface area contributed by atoms with E-state index < -0.39 is 5.97 Å². The van der Waals surface area contributed by atoms with Crippen LogP contribution in [0.5, 0.6) is 0 Å². The van der Waals surface area contributed by atoms with E-state index in [4.69, 9.17) is 5.11 Å². The van der Waals surface area contributed by atoms with Gasteiger partial charge in [0, 0.05) is 19.0 Å². The molecule has 0 aliphatic carbocycles. The predicted octanol–water partition coefficient (Wildman–Crippen LogP) is 1.25. The van der Waals surface area contributed by atoms with Crippen molar-refractivity contribution in [1.29, 1.82) is 0 Å². The number of rotatable bonds is 3. The summed E-state index contributed by atoms with van der Waals surface area (Å²) in [6.07, 6.45) is 3.42. The zero-order valence-corrected chi connectivity index (χ0v) is 8.53. The second kappa shape index (κ2) is 4.98. The third-order valence-electron chi connectivity index (χ3n) is 2.66. The molecule has 1 amide bonds. The molecule has 1 unspecified atom stereocenters. The van der Waals surface area contributed by atoms with Crippen molar-refractivity contribution in [3.63, 3.8) is 0 Å². The Kier molecular flexibility index (Phi) is 3.92. The van der Waals surface area contributed by atoms with Gasteiger partial charge in [-0.25, -0.2) is 0 Å². The van der Waals surface area contributed by atoms with Gasteiger partial charge in [0.15, 0.2) is 0 Å². The van der Waals surface area contributed by atoms with E-state index in [-0.39, 0.29) is 18.4 Å². The molecule has 4 heteroatoms. The lowest BCUT2D eigenvalue weighted by Crippen LogP contribution is -2.44. The fourth-order valence-corrected chi connectivity index (χ4v) is 1.95. The molecule has 1 aliphatic heterocycles. The molecule has 4 nitrogen and oxygen atoms in total. The van der Waals surface area contributed by atoms with Crippen molar-refractivity contribution in [3.8, 4) is 0 Å². The van der Waals surface area contributed by atoms with Crippen LogP contribution < -0.4 is 0 Å². The molecule has 1 saturated heterocycles. The zero-order chi connectivity index (χ0) is 10.6. The summed E-state index contributed by atoms with van der Waals surface area (Å²) in [5.74, 6) is -0.734. The average molecular weight is 199 g/mol. The Labute approximate surface area is 83.9 Å². The molecule has 0 saturated carbocycles. The van der Waals surface area contributed by atoms with E-state index in [1.54, 1.807) is 4.90 Å². The van der Waals surface area contributed by atoms with Crippen molar-refractivity contribution >= 4 is 11.9 Å². The summed E-state index contributed by atoms with van der Waals surface area (Å²) in [6.45, 7) is 2.54. The van der Waals surface area contributed by atoms with Crippen LogP contribution in [-0.4, -0.2) is 34.5 Å². The highest BCUT2D eigenvalue weighted by Crippen LogP contribution is 2.20. The number of nitrogens with zero attached hydrogens (tertiary/aromatic N) is 1. The highest BCUT2D eigenvalue weighted by molar-refractivity contribution is 5.77. The first-order valence-electron chi connectivity index (χ1n) is 5.16. The van der Waals surface area contributed by atoms with Crippen molar-refractivity contribution in [2.75, 3.05) is 6.54 Å². The Hall–Kier alpha value is -1.06. The van der Waals surface area contributed by atoms with Crippen molar-refractivity contribution in [1.82, 2.24) is 4.90 Å². The monoisotopic (exact) mass is 199 g/mol. The van der Waals surface area contributed by atoms with E-state index in [2.05, 4.69) is 0 Å². The number of carboxylic acids is 1. The van der Waals surface area contributed by atoms with E-state index in [1.807, 2.05) is 6.92 Å². The lowest BCUT2D eigenvalue weighted by atomic mass is 9.99. The molecule has 0 bridgehead atoms. The maximum atomic E-state index is 11.5. The van der Waals surface area contributed by atoms with Gasteiger partial charge in [0.05, 0.1) is 6.42 Å². The first-order valence-corrected chi connectivity index (χ1v) is 5.16. The summed E-state index contributed by atoms with van der Waals surface area (Å²) in [6, 6.07) is -0.0753. The van der Waals surface area contributed by atoms with Crippen molar-refractivity contribution in [3.05, 3.63) is 0 Å². The minimum Gasteiger partial charge on any atom is -0.481 e. The summed E-state index contributed by atoms with van der Waals surface area (Å²) < 4.78 is 0. The van der Waals surface area contributed by atoms with E-state index in [0.717, 1.165) is 25.8 Å². The second-order valence-corrected chi connectivity index (χ2v) is 3.69. The second-order valence-electron chi connectivity index (χ2n) is 3.69. The molecule has 0 aromatic rings. The van der Waals surface area contributed by atoms with Gasteiger partial charge in [-0.1, -0.05) is 6.92 Å². The Morgan fingerprint density at radius 1 is 1.43 bits per heavy atom. The van der Waals surface area contributed by atoms with Gasteiger partial charge in [-0.05, 0) is 19.3 Å². The standard InChI is InChI=1S/C10H17NO3/c1-2-9(12)11-6-4-3-5-8(11)7-10(13)14/h8H,2-7H2,1H3,(H,13,14). The van der Waals surface area contributed by atoms with Crippen molar-refractivity contribution in [2.45, 2.75) is 45.1 Å². The van der Waals surface area contributed by atoms with Crippen LogP contribution in [0.1, 0.15) is 39.0 Å². The SMILES string of the molecule is CCC(=O)N1CCCCC1CC(=O)O. The Balaban J connectivity index is 2.58. The molecule has 1 N–H and O–H groups in total. The molecule has 80 valence electrons. The van der Waals surface area contributed by atoms with Gasteiger partial charge in [0.2, 0.25) is 5.91 Å². The predicted molar refractivity (Wildman–Crippen MR) is 51.9 cm³/mol. The third kappa shape index (κ3) is 2.72. The van der Waals surface area contributed by atoms with E-state index in [1.165, 1.54) is 0 Å². The number of aliphatic carboxylic acids is 1. The molecular formula is C10H17NO3. The fourth-order valence-electron chi connectivity index (χ4n) is 1.95. The molecule has 1 rings (SSSR count). The number of carbonyl (C=O) groups excluding carboxylic acids is 1. The van der Waals surface area contributed by atoms with Crippen LogP contribution in [0, 0.1) is 0 Å². The van der Waals surface area contributed by atoms with Crippen LogP contribution in [0.15, 0.2) is 0 Å². The Morgan fingerprint density at radius 3 is 2.71 bits per heavy atom. The molecule has 14 heavy (non-hydrogen) atoms. The molecule has 1 aliphatic rings.